The third-order valence-corrected chi connectivity index (χ3v) is 4.36. The van der Waals surface area contributed by atoms with Crippen molar-refractivity contribution in [1.82, 2.24) is 10.2 Å². The van der Waals surface area contributed by atoms with Crippen molar-refractivity contribution in [1.29, 1.82) is 0 Å². The van der Waals surface area contributed by atoms with Gasteiger partial charge in [-0.15, -0.1) is 11.8 Å². The van der Waals surface area contributed by atoms with Gasteiger partial charge in [0.2, 0.25) is 5.91 Å². The number of ketones is 1. The smallest absolute Gasteiger partial charge is 0.356 e. The number of carbonyl (C=O) groups excluding carboxylic acids is 3. The van der Waals surface area contributed by atoms with E-state index in [1.54, 1.807) is 0 Å². The highest BCUT2D eigenvalue weighted by Crippen LogP contribution is 2.40. The average molecular weight is 314 g/mol. The molecule has 0 unspecified atom stereocenters. The first-order valence-corrected chi connectivity index (χ1v) is 7.15. The number of rotatable bonds is 5. The van der Waals surface area contributed by atoms with Crippen LogP contribution >= 0.6 is 11.8 Å². The van der Waals surface area contributed by atoms with Gasteiger partial charge in [0, 0.05) is 0 Å². The highest BCUT2D eigenvalue weighted by molar-refractivity contribution is 8.00. The first-order chi connectivity index (χ1) is 9.86. The normalized spacial score (nSPS) is 24.1. The molecule has 0 saturated carbocycles. The maximum Gasteiger partial charge on any atom is 0.356 e. The number of carbonyl (C=O) groups is 4. The third kappa shape index (κ3) is 2.73. The standard InChI is InChI=1S/C12H14N2O6S/c1-5(15)3-7(16)13-8-10(17)14-9(12(18)19)6(20-2)4-21-11(8)14/h8,11H,3-4H2,1-2H3,(H,13,16)(H,18,19)/t8-,11+/m1/s1. The zero-order valence-electron chi connectivity index (χ0n) is 11.4. The van der Waals surface area contributed by atoms with Crippen LogP contribution in [0.4, 0.5) is 0 Å². The number of aliphatic carboxylic acids is 1. The predicted molar refractivity (Wildman–Crippen MR) is 72.0 cm³/mol. The van der Waals surface area contributed by atoms with E-state index in [0.29, 0.717) is 5.75 Å². The SMILES string of the molecule is COC1=C(C(=O)O)N2C(=O)[C@@H](NC(=O)CC(C)=O)[C@@H]2SC1. The molecule has 9 heteroatoms. The lowest BCUT2D eigenvalue weighted by molar-refractivity contribution is -0.151. The Bertz CT molecular complexity index is 558. The van der Waals surface area contributed by atoms with Gasteiger partial charge in [-0.3, -0.25) is 19.3 Å². The molecule has 0 aliphatic carbocycles. The largest absolute Gasteiger partial charge is 0.498 e. The van der Waals surface area contributed by atoms with Crippen LogP contribution in [0, 0.1) is 0 Å². The topological polar surface area (TPSA) is 113 Å². The molecule has 8 nitrogen and oxygen atoms in total. The van der Waals surface area contributed by atoms with Crippen LogP contribution in [-0.4, -0.2) is 57.9 Å². The van der Waals surface area contributed by atoms with Crippen molar-refractivity contribution in [3.63, 3.8) is 0 Å². The summed E-state index contributed by atoms with van der Waals surface area (Å²) in [6.45, 7) is 1.28. The summed E-state index contributed by atoms with van der Waals surface area (Å²) in [6, 6.07) is -0.811. The summed E-state index contributed by atoms with van der Waals surface area (Å²) in [5.74, 6) is -2.11. The van der Waals surface area contributed by atoms with E-state index in [1.165, 1.54) is 25.8 Å². The second kappa shape index (κ2) is 5.76. The van der Waals surface area contributed by atoms with E-state index in [2.05, 4.69) is 5.32 Å². The Morgan fingerprint density at radius 2 is 2.14 bits per heavy atom. The van der Waals surface area contributed by atoms with Gasteiger partial charge >= 0.3 is 5.97 Å². The molecular formula is C12H14N2O6S. The summed E-state index contributed by atoms with van der Waals surface area (Å²) in [5, 5.41) is 11.2. The van der Waals surface area contributed by atoms with Gasteiger partial charge in [0.05, 0.1) is 19.3 Å². The lowest BCUT2D eigenvalue weighted by atomic mass is 10.0. The molecule has 2 aliphatic rings. The van der Waals surface area contributed by atoms with E-state index < -0.39 is 29.2 Å². The van der Waals surface area contributed by atoms with Crippen LogP contribution in [0.3, 0.4) is 0 Å². The number of nitrogens with zero attached hydrogens (tertiary/aromatic N) is 1. The number of methoxy groups -OCH3 is 1. The van der Waals surface area contributed by atoms with Gasteiger partial charge < -0.3 is 15.2 Å². The van der Waals surface area contributed by atoms with Gasteiger partial charge in [-0.1, -0.05) is 0 Å². The zero-order valence-corrected chi connectivity index (χ0v) is 12.2. The van der Waals surface area contributed by atoms with Crippen LogP contribution in [-0.2, 0) is 23.9 Å². The molecule has 0 bridgehead atoms. The number of Topliss-reactive ketones (excluding diaryl/α,β-unsaturated/α-hetero) is 1. The van der Waals surface area contributed by atoms with Gasteiger partial charge in [-0.05, 0) is 6.92 Å². The van der Waals surface area contributed by atoms with Gasteiger partial charge in [0.25, 0.3) is 5.91 Å². The summed E-state index contributed by atoms with van der Waals surface area (Å²) in [4.78, 5) is 46.8. The van der Waals surface area contributed by atoms with Crippen molar-refractivity contribution in [2.24, 2.45) is 0 Å². The van der Waals surface area contributed by atoms with Crippen molar-refractivity contribution >= 4 is 35.3 Å². The summed E-state index contributed by atoms with van der Waals surface area (Å²) < 4.78 is 4.99. The van der Waals surface area contributed by atoms with Gasteiger partial charge in [0.15, 0.2) is 5.70 Å². The number of nitrogens with one attached hydrogen (secondary N) is 1. The first-order valence-electron chi connectivity index (χ1n) is 6.10. The first kappa shape index (κ1) is 15.4. The lowest BCUT2D eigenvalue weighted by Gasteiger charge is -2.48. The fraction of sp³-hybridized carbons (Fsp3) is 0.500. The Balaban J connectivity index is 2.13. The van der Waals surface area contributed by atoms with Gasteiger partial charge in [0.1, 0.15) is 23.0 Å². The van der Waals surface area contributed by atoms with Crippen molar-refractivity contribution in [3.05, 3.63) is 11.5 Å². The molecule has 2 aliphatic heterocycles. The Morgan fingerprint density at radius 1 is 1.48 bits per heavy atom. The molecule has 2 N–H and O–H groups in total. The molecule has 2 amide bonds. The highest BCUT2D eigenvalue weighted by Gasteiger charge is 2.54. The highest BCUT2D eigenvalue weighted by atomic mass is 32.2. The van der Waals surface area contributed by atoms with E-state index >= 15 is 0 Å². The molecule has 0 aromatic carbocycles. The van der Waals surface area contributed by atoms with E-state index in [-0.39, 0.29) is 23.7 Å². The van der Waals surface area contributed by atoms with Crippen LogP contribution in [0.25, 0.3) is 0 Å². The summed E-state index contributed by atoms with van der Waals surface area (Å²) in [5.41, 5.74) is -0.191. The fourth-order valence-electron chi connectivity index (χ4n) is 2.20. The number of fused-ring (bicyclic) bond motifs is 1. The lowest BCUT2D eigenvalue weighted by Crippen LogP contribution is -2.70. The molecule has 2 rings (SSSR count). The number of carboxylic acid groups (broad SMARTS) is 1. The minimum atomic E-state index is -1.25. The molecule has 2 atom stereocenters. The summed E-state index contributed by atoms with van der Waals surface area (Å²) >= 11 is 1.30. The number of amides is 2. The van der Waals surface area contributed by atoms with E-state index in [9.17, 15) is 24.3 Å². The average Bonchev–Trinajstić information content (AvgIpc) is 2.41. The third-order valence-electron chi connectivity index (χ3n) is 3.11. The molecule has 1 fully saturated rings. The number of carboxylic acids is 1. The quantitative estimate of drug-likeness (QED) is 0.510. The monoisotopic (exact) mass is 314 g/mol. The second-order valence-electron chi connectivity index (χ2n) is 4.61. The van der Waals surface area contributed by atoms with Crippen LogP contribution < -0.4 is 5.32 Å². The van der Waals surface area contributed by atoms with Crippen LogP contribution in [0.2, 0.25) is 0 Å². The van der Waals surface area contributed by atoms with Crippen molar-refractivity contribution in [3.8, 4) is 0 Å². The van der Waals surface area contributed by atoms with E-state index in [1.807, 2.05) is 0 Å². The molecule has 2 heterocycles. The Hall–Kier alpha value is -2.03. The maximum atomic E-state index is 12.1. The molecular weight excluding hydrogens is 300 g/mol. The van der Waals surface area contributed by atoms with Crippen LogP contribution in [0.15, 0.2) is 11.5 Å². The molecule has 0 aromatic heterocycles. The molecule has 0 aromatic rings. The second-order valence-corrected chi connectivity index (χ2v) is 5.72. The van der Waals surface area contributed by atoms with Crippen molar-refractivity contribution in [2.75, 3.05) is 12.9 Å². The minimum absolute atomic E-state index is 0.191. The van der Waals surface area contributed by atoms with Crippen LogP contribution in [0.1, 0.15) is 13.3 Å². The van der Waals surface area contributed by atoms with E-state index in [0.717, 1.165) is 4.90 Å². The van der Waals surface area contributed by atoms with E-state index in [4.69, 9.17) is 4.74 Å². The molecule has 0 radical (unpaired) electrons. The summed E-state index contributed by atoms with van der Waals surface area (Å²) in [6.07, 6.45) is -0.299. The maximum absolute atomic E-state index is 12.1. The number of thioether (sulfide) groups is 1. The Labute approximate surface area is 124 Å². The summed E-state index contributed by atoms with van der Waals surface area (Å²) in [7, 11) is 1.34. The fourth-order valence-corrected chi connectivity index (χ4v) is 3.51. The van der Waals surface area contributed by atoms with Crippen molar-refractivity contribution < 1.29 is 29.0 Å². The van der Waals surface area contributed by atoms with Crippen LogP contribution in [0.5, 0.6) is 0 Å². The van der Waals surface area contributed by atoms with Gasteiger partial charge in [-0.25, -0.2) is 4.79 Å². The van der Waals surface area contributed by atoms with Crippen molar-refractivity contribution in [2.45, 2.75) is 24.8 Å². The molecule has 1 saturated heterocycles. The number of hydrogen-bond donors (Lipinski definition) is 2. The molecule has 0 spiro atoms. The predicted octanol–water partition coefficient (Wildman–Crippen LogP) is -0.692. The zero-order chi connectivity index (χ0) is 15.7. The number of ether oxygens (including phenoxy) is 1. The Morgan fingerprint density at radius 3 is 2.67 bits per heavy atom. The Kier molecular flexibility index (Phi) is 4.21. The molecule has 21 heavy (non-hydrogen) atoms. The molecule has 114 valence electrons. The number of hydrogen-bond acceptors (Lipinski definition) is 6. The van der Waals surface area contributed by atoms with Gasteiger partial charge in [-0.2, -0.15) is 0 Å². The number of β-lactam (4-membered cyclic amide) rings is 1. The minimum Gasteiger partial charge on any atom is -0.498 e.